The third-order valence-electron chi connectivity index (χ3n) is 5.19. The van der Waals surface area contributed by atoms with E-state index in [1.165, 1.54) is 57.9 Å². The Hall–Kier alpha value is 0.310. The molecule has 0 unspecified atom stereocenters. The highest BCUT2D eigenvalue weighted by molar-refractivity contribution is 7.80. The number of hydrogen-bond acceptors (Lipinski definition) is 2. The zero-order chi connectivity index (χ0) is 12.3. The van der Waals surface area contributed by atoms with Crippen molar-refractivity contribution in [2.24, 2.45) is 11.3 Å². The van der Waals surface area contributed by atoms with E-state index in [0.717, 1.165) is 17.7 Å². The SMILES string of the molecule is CC1CCC(N(C)CC2(CS)CCCC2)CC1. The van der Waals surface area contributed by atoms with E-state index in [1.54, 1.807) is 0 Å². The molecule has 0 bridgehead atoms. The lowest BCUT2D eigenvalue weighted by molar-refractivity contribution is 0.117. The number of thiol groups is 1. The van der Waals surface area contributed by atoms with Crippen molar-refractivity contribution in [2.45, 2.75) is 64.3 Å². The summed E-state index contributed by atoms with van der Waals surface area (Å²) in [6.07, 6.45) is 11.4. The first-order chi connectivity index (χ1) is 8.15. The number of rotatable bonds is 4. The first kappa shape index (κ1) is 13.7. The van der Waals surface area contributed by atoms with Gasteiger partial charge in [-0.05, 0) is 62.7 Å². The molecule has 0 radical (unpaired) electrons. The lowest BCUT2D eigenvalue weighted by Crippen LogP contribution is -2.42. The van der Waals surface area contributed by atoms with Gasteiger partial charge in [0.15, 0.2) is 0 Å². The normalized spacial score (nSPS) is 33.2. The van der Waals surface area contributed by atoms with Crippen LogP contribution in [0.4, 0.5) is 0 Å². The van der Waals surface area contributed by atoms with Crippen molar-refractivity contribution < 1.29 is 0 Å². The standard InChI is InChI=1S/C15H29NS/c1-13-5-7-14(8-6-13)16(2)11-15(12-17)9-3-4-10-15/h13-14,17H,3-12H2,1-2H3. The molecule has 2 aliphatic rings. The summed E-state index contributed by atoms with van der Waals surface area (Å²) in [6.45, 7) is 3.69. The van der Waals surface area contributed by atoms with E-state index in [9.17, 15) is 0 Å². The molecule has 0 aromatic rings. The van der Waals surface area contributed by atoms with Gasteiger partial charge in [-0.15, -0.1) is 0 Å². The van der Waals surface area contributed by atoms with Gasteiger partial charge in [0.05, 0.1) is 0 Å². The fourth-order valence-electron chi connectivity index (χ4n) is 3.83. The van der Waals surface area contributed by atoms with Gasteiger partial charge in [-0.25, -0.2) is 0 Å². The van der Waals surface area contributed by atoms with Gasteiger partial charge in [0.25, 0.3) is 0 Å². The zero-order valence-corrected chi connectivity index (χ0v) is 12.5. The van der Waals surface area contributed by atoms with Gasteiger partial charge < -0.3 is 4.90 Å². The van der Waals surface area contributed by atoms with Crippen molar-refractivity contribution in [3.8, 4) is 0 Å². The molecule has 2 aliphatic carbocycles. The lowest BCUT2D eigenvalue weighted by atomic mass is 9.84. The van der Waals surface area contributed by atoms with Crippen LogP contribution in [0.5, 0.6) is 0 Å². The van der Waals surface area contributed by atoms with Gasteiger partial charge in [0.2, 0.25) is 0 Å². The molecule has 0 amide bonds. The van der Waals surface area contributed by atoms with Crippen LogP contribution in [0.2, 0.25) is 0 Å². The summed E-state index contributed by atoms with van der Waals surface area (Å²) in [5.74, 6) is 2.05. The maximum Gasteiger partial charge on any atom is 0.00926 e. The Bertz CT molecular complexity index is 227. The van der Waals surface area contributed by atoms with Gasteiger partial charge in [0, 0.05) is 12.6 Å². The van der Waals surface area contributed by atoms with E-state index >= 15 is 0 Å². The van der Waals surface area contributed by atoms with Crippen LogP contribution in [0.3, 0.4) is 0 Å². The third-order valence-corrected chi connectivity index (χ3v) is 5.86. The highest BCUT2D eigenvalue weighted by Crippen LogP contribution is 2.40. The van der Waals surface area contributed by atoms with E-state index < -0.39 is 0 Å². The largest absolute Gasteiger partial charge is 0.303 e. The van der Waals surface area contributed by atoms with Crippen molar-refractivity contribution in [3.05, 3.63) is 0 Å². The van der Waals surface area contributed by atoms with E-state index in [4.69, 9.17) is 0 Å². The van der Waals surface area contributed by atoms with Crippen LogP contribution in [0.15, 0.2) is 0 Å². The summed E-state index contributed by atoms with van der Waals surface area (Å²) in [5.41, 5.74) is 0.543. The second kappa shape index (κ2) is 5.97. The maximum absolute atomic E-state index is 4.63. The highest BCUT2D eigenvalue weighted by atomic mass is 32.1. The fourth-order valence-corrected chi connectivity index (χ4v) is 4.25. The predicted octanol–water partition coefficient (Wildman–Crippen LogP) is 3.99. The van der Waals surface area contributed by atoms with Gasteiger partial charge >= 0.3 is 0 Å². The van der Waals surface area contributed by atoms with Crippen molar-refractivity contribution >= 4 is 12.6 Å². The minimum absolute atomic E-state index is 0.543. The molecule has 1 nitrogen and oxygen atoms in total. The van der Waals surface area contributed by atoms with Crippen LogP contribution in [-0.4, -0.2) is 30.3 Å². The Morgan fingerprint density at radius 2 is 1.71 bits per heavy atom. The molecule has 2 rings (SSSR count). The molecule has 0 aliphatic heterocycles. The average molecular weight is 255 g/mol. The molecule has 0 N–H and O–H groups in total. The smallest absolute Gasteiger partial charge is 0.00926 e. The topological polar surface area (TPSA) is 3.24 Å². The Labute approximate surface area is 113 Å². The predicted molar refractivity (Wildman–Crippen MR) is 78.8 cm³/mol. The van der Waals surface area contributed by atoms with Gasteiger partial charge in [-0.1, -0.05) is 19.8 Å². The van der Waals surface area contributed by atoms with Crippen molar-refractivity contribution in [1.82, 2.24) is 4.90 Å². The maximum atomic E-state index is 4.63. The van der Waals surface area contributed by atoms with Gasteiger partial charge in [-0.2, -0.15) is 12.6 Å². The summed E-state index contributed by atoms with van der Waals surface area (Å²) >= 11 is 4.63. The molecule has 2 heteroatoms. The monoisotopic (exact) mass is 255 g/mol. The second-order valence-electron chi connectivity index (χ2n) is 6.69. The molecule has 0 heterocycles. The molecule has 17 heavy (non-hydrogen) atoms. The molecule has 0 atom stereocenters. The highest BCUT2D eigenvalue weighted by Gasteiger charge is 2.35. The molecule has 2 saturated carbocycles. The summed E-state index contributed by atoms with van der Waals surface area (Å²) in [4.78, 5) is 2.66. The van der Waals surface area contributed by atoms with E-state index in [1.807, 2.05) is 0 Å². The zero-order valence-electron chi connectivity index (χ0n) is 11.6. The van der Waals surface area contributed by atoms with Gasteiger partial charge in [0.1, 0.15) is 0 Å². The summed E-state index contributed by atoms with van der Waals surface area (Å²) in [6, 6.07) is 0.851. The third kappa shape index (κ3) is 3.41. The van der Waals surface area contributed by atoms with Crippen LogP contribution in [0, 0.1) is 11.3 Å². The van der Waals surface area contributed by atoms with Crippen LogP contribution in [0.1, 0.15) is 58.3 Å². The quantitative estimate of drug-likeness (QED) is 0.744. The molecule has 0 saturated heterocycles. The van der Waals surface area contributed by atoms with E-state index in [-0.39, 0.29) is 0 Å². The lowest BCUT2D eigenvalue weighted by Gasteiger charge is -2.39. The van der Waals surface area contributed by atoms with Gasteiger partial charge in [-0.3, -0.25) is 0 Å². The number of hydrogen-bond donors (Lipinski definition) is 1. The summed E-state index contributed by atoms with van der Waals surface area (Å²) in [7, 11) is 2.35. The Morgan fingerprint density at radius 1 is 1.12 bits per heavy atom. The van der Waals surface area contributed by atoms with Crippen LogP contribution < -0.4 is 0 Å². The first-order valence-electron chi connectivity index (χ1n) is 7.46. The van der Waals surface area contributed by atoms with Crippen LogP contribution in [0.25, 0.3) is 0 Å². The average Bonchev–Trinajstić information content (AvgIpc) is 2.79. The van der Waals surface area contributed by atoms with Crippen molar-refractivity contribution in [3.63, 3.8) is 0 Å². The summed E-state index contributed by atoms with van der Waals surface area (Å²) < 4.78 is 0. The molecular formula is C15H29NS. The molecule has 100 valence electrons. The Morgan fingerprint density at radius 3 is 2.24 bits per heavy atom. The first-order valence-corrected chi connectivity index (χ1v) is 8.09. The van der Waals surface area contributed by atoms with Crippen LogP contribution in [-0.2, 0) is 0 Å². The fraction of sp³-hybridized carbons (Fsp3) is 1.00. The molecular weight excluding hydrogens is 226 g/mol. The summed E-state index contributed by atoms with van der Waals surface area (Å²) in [5, 5.41) is 0. The van der Waals surface area contributed by atoms with E-state index in [2.05, 4.69) is 31.5 Å². The molecule has 0 aromatic heterocycles. The molecule has 0 aromatic carbocycles. The molecule has 0 spiro atoms. The van der Waals surface area contributed by atoms with Crippen molar-refractivity contribution in [1.29, 1.82) is 0 Å². The Balaban J connectivity index is 1.85. The minimum atomic E-state index is 0.543. The number of nitrogens with zero attached hydrogens (tertiary/aromatic N) is 1. The van der Waals surface area contributed by atoms with Crippen LogP contribution >= 0.6 is 12.6 Å². The second-order valence-corrected chi connectivity index (χ2v) is 7.01. The minimum Gasteiger partial charge on any atom is -0.303 e. The van der Waals surface area contributed by atoms with E-state index in [0.29, 0.717) is 5.41 Å². The Kier molecular flexibility index (Phi) is 4.82. The van der Waals surface area contributed by atoms with Crippen molar-refractivity contribution in [2.75, 3.05) is 19.3 Å². The molecule has 2 fully saturated rings.